The second-order valence-corrected chi connectivity index (χ2v) is 7.67. The molecule has 116 valence electrons. The van der Waals surface area contributed by atoms with Crippen molar-refractivity contribution in [1.29, 1.82) is 0 Å². The molecule has 1 heterocycles. The van der Waals surface area contributed by atoms with E-state index >= 15 is 0 Å². The summed E-state index contributed by atoms with van der Waals surface area (Å²) in [5.41, 5.74) is 5.13. The zero-order valence-electron chi connectivity index (χ0n) is 11.9. The van der Waals surface area contributed by atoms with Crippen LogP contribution < -0.4 is 11.1 Å². The van der Waals surface area contributed by atoms with Gasteiger partial charge in [-0.1, -0.05) is 17.7 Å². The molecule has 0 saturated carbocycles. The smallest absolute Gasteiger partial charge is 0.246 e. The van der Waals surface area contributed by atoms with Gasteiger partial charge in [-0.3, -0.25) is 4.79 Å². The highest BCUT2D eigenvalue weighted by Gasteiger charge is 2.45. The Morgan fingerprint density at radius 3 is 2.71 bits per heavy atom. The maximum Gasteiger partial charge on any atom is 0.246 e. The Bertz CT molecular complexity index is 657. The minimum absolute atomic E-state index is 0.0866. The maximum absolute atomic E-state index is 12.7. The third kappa shape index (κ3) is 2.73. The summed E-state index contributed by atoms with van der Waals surface area (Å²) in [5, 5.41) is 2.66. The average molecular weight is 332 g/mol. The number of anilines is 1. The van der Waals surface area contributed by atoms with Crippen molar-refractivity contribution in [1.82, 2.24) is 9.62 Å². The third-order valence-corrected chi connectivity index (χ3v) is 6.20. The van der Waals surface area contributed by atoms with E-state index in [1.807, 2.05) is 0 Å². The summed E-state index contributed by atoms with van der Waals surface area (Å²) in [4.78, 5) is 11.8. The molecule has 1 atom stereocenters. The van der Waals surface area contributed by atoms with Gasteiger partial charge in [-0.25, -0.2) is 8.42 Å². The third-order valence-electron chi connectivity index (χ3n) is 3.81. The van der Waals surface area contributed by atoms with Gasteiger partial charge in [0.15, 0.2) is 0 Å². The summed E-state index contributed by atoms with van der Waals surface area (Å²) in [5.74, 6) is -0.174. The Hall–Kier alpha value is -1.31. The molecule has 1 fully saturated rings. The Kier molecular flexibility index (Phi) is 4.19. The van der Waals surface area contributed by atoms with Gasteiger partial charge in [0.25, 0.3) is 0 Å². The van der Waals surface area contributed by atoms with Crippen molar-refractivity contribution < 1.29 is 13.2 Å². The number of carbonyl (C=O) groups excluding carboxylic acids is 1. The number of benzene rings is 1. The first kappa shape index (κ1) is 16.1. The number of hydrogen-bond donors (Lipinski definition) is 2. The molecule has 2 rings (SSSR count). The van der Waals surface area contributed by atoms with Crippen LogP contribution in [0.15, 0.2) is 23.1 Å². The van der Waals surface area contributed by atoms with Gasteiger partial charge in [-0.05, 0) is 25.5 Å². The van der Waals surface area contributed by atoms with E-state index in [0.29, 0.717) is 6.42 Å². The highest BCUT2D eigenvalue weighted by atomic mass is 35.5. The summed E-state index contributed by atoms with van der Waals surface area (Å²) in [7, 11) is -2.28. The van der Waals surface area contributed by atoms with E-state index in [0.717, 1.165) is 0 Å². The number of hydrogen-bond acceptors (Lipinski definition) is 4. The molecule has 21 heavy (non-hydrogen) atoms. The lowest BCUT2D eigenvalue weighted by Gasteiger charge is -2.23. The molecule has 1 unspecified atom stereocenters. The summed E-state index contributed by atoms with van der Waals surface area (Å²) >= 11 is 5.99. The van der Waals surface area contributed by atoms with Crippen LogP contribution in [0.5, 0.6) is 0 Å². The fourth-order valence-corrected chi connectivity index (χ4v) is 4.74. The van der Waals surface area contributed by atoms with Crippen molar-refractivity contribution in [2.45, 2.75) is 18.2 Å². The lowest BCUT2D eigenvalue weighted by molar-refractivity contribution is -0.128. The van der Waals surface area contributed by atoms with E-state index in [9.17, 15) is 13.2 Å². The molecule has 3 N–H and O–H groups in total. The van der Waals surface area contributed by atoms with Crippen LogP contribution in [-0.4, -0.2) is 38.8 Å². The molecular weight excluding hydrogens is 314 g/mol. The normalized spacial score (nSPS) is 23.2. The monoisotopic (exact) mass is 331 g/mol. The SMILES string of the molecule is CNC(=O)C1(C)CCN(S(=O)(=O)c2c(N)cccc2Cl)C1. The van der Waals surface area contributed by atoms with Crippen LogP contribution in [0.25, 0.3) is 0 Å². The Morgan fingerprint density at radius 2 is 2.14 bits per heavy atom. The molecule has 1 aliphatic rings. The van der Waals surface area contributed by atoms with Gasteiger partial charge in [0.1, 0.15) is 4.90 Å². The van der Waals surface area contributed by atoms with E-state index in [1.165, 1.54) is 23.5 Å². The quantitative estimate of drug-likeness (QED) is 0.810. The lowest BCUT2D eigenvalue weighted by atomic mass is 9.89. The number of nitrogens with zero attached hydrogens (tertiary/aromatic N) is 1. The van der Waals surface area contributed by atoms with Crippen LogP contribution in [-0.2, 0) is 14.8 Å². The van der Waals surface area contributed by atoms with E-state index in [4.69, 9.17) is 17.3 Å². The predicted octanol–water partition coefficient (Wildman–Crippen LogP) is 1.07. The number of nitrogen functional groups attached to an aromatic ring is 1. The molecular formula is C13H18ClN3O3S. The van der Waals surface area contributed by atoms with Gasteiger partial charge in [0.05, 0.1) is 16.1 Å². The summed E-state index contributed by atoms with van der Waals surface area (Å²) in [6, 6.07) is 4.57. The molecule has 1 aliphatic heterocycles. The van der Waals surface area contributed by atoms with E-state index in [2.05, 4.69) is 5.32 Å². The molecule has 0 bridgehead atoms. The van der Waals surface area contributed by atoms with Crippen LogP contribution in [0.1, 0.15) is 13.3 Å². The van der Waals surface area contributed by atoms with E-state index < -0.39 is 15.4 Å². The number of nitrogens with one attached hydrogen (secondary N) is 1. The van der Waals surface area contributed by atoms with Crippen molar-refractivity contribution in [2.24, 2.45) is 5.41 Å². The van der Waals surface area contributed by atoms with Gasteiger partial charge < -0.3 is 11.1 Å². The second kappa shape index (κ2) is 5.47. The predicted molar refractivity (Wildman–Crippen MR) is 81.4 cm³/mol. The number of nitrogens with two attached hydrogens (primary N) is 1. The lowest BCUT2D eigenvalue weighted by Crippen LogP contribution is -2.40. The van der Waals surface area contributed by atoms with E-state index in [-0.39, 0.29) is 34.6 Å². The summed E-state index contributed by atoms with van der Waals surface area (Å²) in [6.07, 6.45) is 0.455. The molecule has 1 aromatic carbocycles. The first-order chi connectivity index (χ1) is 9.72. The Balaban J connectivity index is 2.37. The van der Waals surface area contributed by atoms with Gasteiger partial charge in [0.2, 0.25) is 15.9 Å². The maximum atomic E-state index is 12.7. The standard InChI is InChI=1S/C13H18ClN3O3S/c1-13(12(18)16-2)6-7-17(8-13)21(19,20)11-9(14)4-3-5-10(11)15/h3-5H,6-8,15H2,1-2H3,(H,16,18). The first-order valence-corrected chi connectivity index (χ1v) is 8.30. The number of carbonyl (C=O) groups is 1. The van der Waals surface area contributed by atoms with Crippen molar-refractivity contribution in [3.63, 3.8) is 0 Å². The zero-order valence-corrected chi connectivity index (χ0v) is 13.5. The van der Waals surface area contributed by atoms with Gasteiger partial charge in [-0.15, -0.1) is 0 Å². The van der Waals surface area contributed by atoms with Crippen molar-refractivity contribution in [3.8, 4) is 0 Å². The summed E-state index contributed by atoms with van der Waals surface area (Å²) < 4.78 is 26.7. The van der Waals surface area contributed by atoms with Crippen LogP contribution in [0, 0.1) is 5.41 Å². The Labute approximate surface area is 129 Å². The molecule has 0 aliphatic carbocycles. The van der Waals surface area contributed by atoms with Crippen LogP contribution in [0.3, 0.4) is 0 Å². The van der Waals surface area contributed by atoms with E-state index in [1.54, 1.807) is 13.0 Å². The highest BCUT2D eigenvalue weighted by molar-refractivity contribution is 7.89. The van der Waals surface area contributed by atoms with Crippen LogP contribution in [0.4, 0.5) is 5.69 Å². The minimum atomic E-state index is -3.82. The number of amides is 1. The molecule has 1 amide bonds. The largest absolute Gasteiger partial charge is 0.398 e. The number of rotatable bonds is 3. The van der Waals surface area contributed by atoms with Crippen molar-refractivity contribution in [2.75, 3.05) is 25.9 Å². The second-order valence-electron chi connectivity index (χ2n) is 5.39. The highest BCUT2D eigenvalue weighted by Crippen LogP contribution is 2.37. The van der Waals surface area contributed by atoms with Crippen LogP contribution >= 0.6 is 11.6 Å². The van der Waals surface area contributed by atoms with Crippen molar-refractivity contribution in [3.05, 3.63) is 23.2 Å². The first-order valence-electron chi connectivity index (χ1n) is 6.49. The molecule has 6 nitrogen and oxygen atoms in total. The molecule has 0 spiro atoms. The average Bonchev–Trinajstić information content (AvgIpc) is 2.82. The molecule has 8 heteroatoms. The Morgan fingerprint density at radius 1 is 1.48 bits per heavy atom. The van der Waals surface area contributed by atoms with Gasteiger partial charge in [-0.2, -0.15) is 4.31 Å². The molecule has 0 aromatic heterocycles. The fourth-order valence-electron chi connectivity index (χ4n) is 2.54. The fraction of sp³-hybridized carbons (Fsp3) is 0.462. The molecule has 0 radical (unpaired) electrons. The topological polar surface area (TPSA) is 92.5 Å². The minimum Gasteiger partial charge on any atom is -0.398 e. The summed E-state index contributed by atoms with van der Waals surface area (Å²) in [6.45, 7) is 2.12. The van der Waals surface area contributed by atoms with Crippen LogP contribution in [0.2, 0.25) is 5.02 Å². The number of sulfonamides is 1. The zero-order chi connectivity index (χ0) is 15.8. The number of halogens is 1. The van der Waals surface area contributed by atoms with Gasteiger partial charge in [0, 0.05) is 20.1 Å². The van der Waals surface area contributed by atoms with Crippen molar-refractivity contribution >= 4 is 33.2 Å². The molecule has 1 aromatic rings. The molecule has 1 saturated heterocycles. The van der Waals surface area contributed by atoms with Gasteiger partial charge >= 0.3 is 0 Å².